The Bertz CT molecular complexity index is 62.8. The van der Waals surface area contributed by atoms with Gasteiger partial charge in [0.15, 0.2) is 0 Å². The van der Waals surface area contributed by atoms with E-state index in [1.165, 1.54) is 0 Å². The van der Waals surface area contributed by atoms with Crippen molar-refractivity contribution in [2.45, 2.75) is 0 Å². The fourth-order valence-corrected chi connectivity index (χ4v) is 0. The summed E-state index contributed by atoms with van der Waals surface area (Å²) >= 11 is 0. The second kappa shape index (κ2) is 17.0. The van der Waals surface area contributed by atoms with E-state index in [0.29, 0.717) is 7.92 Å². The van der Waals surface area contributed by atoms with Crippen molar-refractivity contribution in [2.75, 3.05) is 20.0 Å². The molecule has 0 fully saturated rings. The van der Waals surface area contributed by atoms with Crippen molar-refractivity contribution in [1.29, 1.82) is 0 Å². The van der Waals surface area contributed by atoms with Gasteiger partial charge in [-0.15, -0.1) is 7.92 Å². The standard InChI is InChI=1S/C3H9P.Ca.HO3P.H2O/c1-4(2)3;;1-4(2)3;/h1-3H3;;(H,1,2,3);1H2/q;+2;;/p-1. The van der Waals surface area contributed by atoms with Crippen molar-refractivity contribution in [2.24, 2.45) is 0 Å². The molecule has 7 heteroatoms. The maximum Gasteiger partial charge on any atom is 2.00 e. The van der Waals surface area contributed by atoms with Crippen molar-refractivity contribution in [3.8, 4) is 0 Å². The van der Waals surface area contributed by atoms with Gasteiger partial charge in [-0.2, -0.15) is 0 Å². The Kier molecular flexibility index (Phi) is 38.3. The molecule has 0 amide bonds. The van der Waals surface area contributed by atoms with Gasteiger partial charge >= 0.3 is 37.7 Å². The Balaban J connectivity index is -0.0000000300. The van der Waals surface area contributed by atoms with Crippen LogP contribution < -0.4 is 9.79 Å². The SMILES string of the molecule is CP(C)C.O.O=[P+]([O-])[O-].[Ca+2]. The molecule has 0 unspecified atom stereocenters. The van der Waals surface area contributed by atoms with Crippen LogP contribution in [0.2, 0.25) is 0 Å². The quantitative estimate of drug-likeness (QED) is 0.362. The average molecular weight is 213 g/mol. The van der Waals surface area contributed by atoms with Gasteiger partial charge < -0.3 is 15.3 Å². The van der Waals surface area contributed by atoms with Crippen LogP contribution in [0.4, 0.5) is 0 Å². The van der Waals surface area contributed by atoms with Crippen molar-refractivity contribution < 1.29 is 19.8 Å². The van der Waals surface area contributed by atoms with Gasteiger partial charge in [0.1, 0.15) is 0 Å². The second-order valence-corrected chi connectivity index (χ2v) is 4.70. The summed E-state index contributed by atoms with van der Waals surface area (Å²) in [7, 11) is -2.99. The van der Waals surface area contributed by atoms with E-state index in [0.717, 1.165) is 0 Å². The summed E-state index contributed by atoms with van der Waals surface area (Å²) in [6, 6.07) is 0. The first kappa shape index (κ1) is 22.6. The second-order valence-electron chi connectivity index (χ2n) is 1.57. The Morgan fingerprint density at radius 2 is 1.20 bits per heavy atom. The summed E-state index contributed by atoms with van der Waals surface area (Å²) in [5.41, 5.74) is 0. The van der Waals surface area contributed by atoms with E-state index in [9.17, 15) is 0 Å². The van der Waals surface area contributed by atoms with Gasteiger partial charge in [0.25, 0.3) is 8.25 Å². The van der Waals surface area contributed by atoms with Gasteiger partial charge in [0.05, 0.1) is 0 Å². The summed E-state index contributed by atoms with van der Waals surface area (Å²) in [5, 5.41) is 0. The fraction of sp³-hybridized carbons (Fsp3) is 1.00. The van der Waals surface area contributed by atoms with E-state index in [4.69, 9.17) is 14.4 Å². The summed E-state index contributed by atoms with van der Waals surface area (Å²) in [4.78, 5) is 17.0. The summed E-state index contributed by atoms with van der Waals surface area (Å²) in [6.45, 7) is 6.69. The number of hydrogen-bond acceptors (Lipinski definition) is 3. The Labute approximate surface area is 93.0 Å². The Morgan fingerprint density at radius 1 is 1.20 bits per heavy atom. The minimum absolute atomic E-state index is 0. The topological polar surface area (TPSA) is 94.7 Å². The third-order valence-electron chi connectivity index (χ3n) is 0. The van der Waals surface area contributed by atoms with Gasteiger partial charge in [0, 0.05) is 0 Å². The third kappa shape index (κ3) is 261. The van der Waals surface area contributed by atoms with Gasteiger partial charge in [-0.3, -0.25) is 0 Å². The van der Waals surface area contributed by atoms with E-state index in [1.807, 2.05) is 0 Å². The van der Waals surface area contributed by atoms with Crippen molar-refractivity contribution in [3.63, 3.8) is 0 Å². The van der Waals surface area contributed by atoms with E-state index < -0.39 is 8.25 Å². The molecule has 0 saturated carbocycles. The minimum atomic E-state index is -3.37. The molecule has 0 aliphatic rings. The number of hydrogen-bond donors (Lipinski definition) is 0. The van der Waals surface area contributed by atoms with Gasteiger partial charge in [-0.1, -0.05) is 4.57 Å². The molecule has 0 heterocycles. The molecule has 0 aliphatic heterocycles. The average Bonchev–Trinajstić information content (AvgIpc) is 1.25. The summed E-state index contributed by atoms with van der Waals surface area (Å²) in [5.74, 6) is 0. The van der Waals surface area contributed by atoms with E-state index in [-0.39, 0.29) is 43.2 Å². The zero-order valence-corrected chi connectivity index (χ0v) is 10.3. The molecule has 0 aliphatic carbocycles. The molecule has 10 heavy (non-hydrogen) atoms. The molecular weight excluding hydrogens is 202 g/mol. The minimum Gasteiger partial charge on any atom is -0.598 e. The molecule has 0 aromatic heterocycles. The first-order valence-corrected chi connectivity index (χ1v) is 5.67. The molecule has 0 atom stereocenters. The van der Waals surface area contributed by atoms with Gasteiger partial charge in [-0.05, 0) is 20.0 Å². The summed E-state index contributed by atoms with van der Waals surface area (Å²) < 4.78 is 8.48. The molecule has 0 bridgehead atoms. The van der Waals surface area contributed by atoms with Crippen molar-refractivity contribution >= 4 is 53.9 Å². The van der Waals surface area contributed by atoms with Crippen LogP contribution in [0.15, 0.2) is 0 Å². The molecule has 0 rings (SSSR count). The van der Waals surface area contributed by atoms with Crippen LogP contribution >= 0.6 is 16.2 Å². The molecule has 2 N–H and O–H groups in total. The predicted octanol–water partition coefficient (Wildman–Crippen LogP) is -1.48. The predicted molar refractivity (Wildman–Crippen MR) is 41.7 cm³/mol. The first-order valence-electron chi connectivity index (χ1n) is 1.89. The maximum absolute atomic E-state index is 8.48. The monoisotopic (exact) mass is 213 g/mol. The molecule has 0 radical (unpaired) electrons. The molecule has 0 aromatic rings. The first-order chi connectivity index (χ1) is 3.46. The van der Waals surface area contributed by atoms with Gasteiger partial charge in [0.2, 0.25) is 0 Å². The molecule has 58 valence electrons. The van der Waals surface area contributed by atoms with E-state index in [2.05, 4.69) is 20.0 Å². The van der Waals surface area contributed by atoms with Crippen LogP contribution in [0.25, 0.3) is 0 Å². The smallest absolute Gasteiger partial charge is 0.598 e. The van der Waals surface area contributed by atoms with E-state index in [1.54, 1.807) is 0 Å². The fourth-order valence-electron chi connectivity index (χ4n) is 0. The van der Waals surface area contributed by atoms with Crippen molar-refractivity contribution in [1.82, 2.24) is 0 Å². The molecular formula is C3H11CaO4P2+. The Morgan fingerprint density at radius 3 is 1.20 bits per heavy atom. The number of rotatable bonds is 0. The van der Waals surface area contributed by atoms with E-state index >= 15 is 0 Å². The van der Waals surface area contributed by atoms with Crippen LogP contribution in [-0.2, 0) is 4.57 Å². The van der Waals surface area contributed by atoms with Crippen LogP contribution in [-0.4, -0.2) is 63.2 Å². The summed E-state index contributed by atoms with van der Waals surface area (Å²) in [6.07, 6.45) is 0. The molecule has 0 aromatic carbocycles. The zero-order chi connectivity index (χ0) is 7.15. The maximum atomic E-state index is 8.48. The van der Waals surface area contributed by atoms with Crippen LogP contribution in [0, 0.1) is 0 Å². The Hall–Kier alpha value is 1.67. The van der Waals surface area contributed by atoms with Gasteiger partial charge in [-0.25, -0.2) is 0 Å². The largest absolute Gasteiger partial charge is 2.00 e. The van der Waals surface area contributed by atoms with Crippen LogP contribution in [0.5, 0.6) is 0 Å². The molecule has 0 saturated heterocycles. The molecule has 0 spiro atoms. The van der Waals surface area contributed by atoms with Crippen LogP contribution in [0.1, 0.15) is 0 Å². The van der Waals surface area contributed by atoms with Crippen LogP contribution in [0.3, 0.4) is 0 Å². The normalized spacial score (nSPS) is 6.20. The molecule has 4 nitrogen and oxygen atoms in total. The third-order valence-corrected chi connectivity index (χ3v) is 0. The zero-order valence-electron chi connectivity index (χ0n) is 6.33. The van der Waals surface area contributed by atoms with Crippen molar-refractivity contribution in [3.05, 3.63) is 0 Å².